The Morgan fingerprint density at radius 3 is 2.93 bits per heavy atom. The number of nitrogen functional groups attached to an aromatic ring is 1. The van der Waals surface area contributed by atoms with E-state index >= 15 is 0 Å². The summed E-state index contributed by atoms with van der Waals surface area (Å²) in [5.74, 6) is -0.454. The Hall–Kier alpha value is -1.08. The lowest BCUT2D eigenvalue weighted by Gasteiger charge is -2.05. The molecular weight excluding hydrogens is 247 g/mol. The number of nitrogens with two attached hydrogens (primary N) is 1. The molecule has 1 aliphatic carbocycles. The van der Waals surface area contributed by atoms with Crippen LogP contribution in [0.4, 0.5) is 10.1 Å². The number of hydrogen-bond acceptors (Lipinski definition) is 2. The highest BCUT2D eigenvalue weighted by Gasteiger charge is 2.25. The summed E-state index contributed by atoms with van der Waals surface area (Å²) in [4.78, 5) is 0. The maximum Gasteiger partial charge on any atom is 0.160 e. The fraction of sp³-hybridized carbons (Fsp3) is 0.300. The molecule has 1 unspecified atom stereocenters. The van der Waals surface area contributed by atoms with Gasteiger partial charge in [-0.25, -0.2) is 4.39 Å². The summed E-state index contributed by atoms with van der Waals surface area (Å²) in [5.41, 5.74) is 7.52. The summed E-state index contributed by atoms with van der Waals surface area (Å²) >= 11 is 3.17. The minimum Gasteiger partial charge on any atom is -0.396 e. The molecule has 0 fully saturated rings. The zero-order valence-corrected chi connectivity index (χ0v) is 8.94. The van der Waals surface area contributed by atoms with E-state index in [0.717, 1.165) is 11.1 Å². The van der Waals surface area contributed by atoms with Gasteiger partial charge in [-0.05, 0) is 46.0 Å². The quantitative estimate of drug-likeness (QED) is 0.723. The second kappa shape index (κ2) is 3.25. The van der Waals surface area contributed by atoms with Crippen LogP contribution in [0.25, 0.3) is 0 Å². The van der Waals surface area contributed by atoms with Crippen LogP contribution in [0.3, 0.4) is 0 Å². The fourth-order valence-electron chi connectivity index (χ4n) is 1.82. The molecule has 2 nitrogen and oxygen atoms in total. The third-order valence-corrected chi connectivity index (χ3v) is 3.35. The Morgan fingerprint density at radius 2 is 2.29 bits per heavy atom. The van der Waals surface area contributed by atoms with Crippen LogP contribution < -0.4 is 5.73 Å². The average Bonchev–Trinajstić information content (AvgIpc) is 2.57. The summed E-state index contributed by atoms with van der Waals surface area (Å²) < 4.78 is 13.8. The SMILES string of the molecule is N#CC1Cc2cc(N)c(F)c(Br)c2C1. The zero-order valence-electron chi connectivity index (χ0n) is 7.35. The van der Waals surface area contributed by atoms with Crippen molar-refractivity contribution in [1.29, 1.82) is 5.26 Å². The topological polar surface area (TPSA) is 49.8 Å². The molecule has 1 aliphatic rings. The summed E-state index contributed by atoms with van der Waals surface area (Å²) in [6.45, 7) is 0. The van der Waals surface area contributed by atoms with Crippen LogP contribution in [0.1, 0.15) is 11.1 Å². The van der Waals surface area contributed by atoms with Crippen molar-refractivity contribution in [2.24, 2.45) is 5.92 Å². The Bertz CT molecular complexity index is 437. The zero-order chi connectivity index (χ0) is 10.3. The van der Waals surface area contributed by atoms with Gasteiger partial charge in [0.05, 0.1) is 22.1 Å². The lowest BCUT2D eigenvalue weighted by molar-refractivity contribution is 0.622. The predicted octanol–water partition coefficient (Wildman–Crippen LogP) is 2.41. The molecule has 0 saturated carbocycles. The maximum atomic E-state index is 13.4. The Kier molecular flexibility index (Phi) is 2.20. The van der Waals surface area contributed by atoms with Crippen LogP contribution >= 0.6 is 15.9 Å². The first-order valence-electron chi connectivity index (χ1n) is 4.28. The third-order valence-electron chi connectivity index (χ3n) is 2.53. The van der Waals surface area contributed by atoms with E-state index in [1.54, 1.807) is 6.07 Å². The van der Waals surface area contributed by atoms with Gasteiger partial charge in [0.1, 0.15) is 0 Å². The van der Waals surface area contributed by atoms with E-state index in [1.807, 2.05) is 0 Å². The van der Waals surface area contributed by atoms with Crippen molar-refractivity contribution in [2.45, 2.75) is 12.8 Å². The summed E-state index contributed by atoms with van der Waals surface area (Å²) in [7, 11) is 0. The average molecular weight is 255 g/mol. The number of fused-ring (bicyclic) bond motifs is 1. The number of rotatable bonds is 0. The Balaban J connectivity index is 2.54. The molecule has 1 aromatic carbocycles. The Morgan fingerprint density at radius 1 is 1.57 bits per heavy atom. The van der Waals surface area contributed by atoms with E-state index in [4.69, 9.17) is 11.0 Å². The predicted molar refractivity (Wildman–Crippen MR) is 55.0 cm³/mol. The molecule has 1 atom stereocenters. The maximum absolute atomic E-state index is 13.4. The van der Waals surface area contributed by atoms with E-state index in [-0.39, 0.29) is 11.6 Å². The van der Waals surface area contributed by atoms with Gasteiger partial charge in [-0.2, -0.15) is 5.26 Å². The number of benzene rings is 1. The minimum atomic E-state index is -0.415. The van der Waals surface area contributed by atoms with Crippen LogP contribution in [0.5, 0.6) is 0 Å². The molecule has 14 heavy (non-hydrogen) atoms. The second-order valence-corrected chi connectivity index (χ2v) is 4.26. The fourth-order valence-corrected chi connectivity index (χ4v) is 2.46. The van der Waals surface area contributed by atoms with E-state index in [9.17, 15) is 4.39 Å². The van der Waals surface area contributed by atoms with E-state index in [0.29, 0.717) is 17.3 Å². The van der Waals surface area contributed by atoms with Crippen molar-refractivity contribution in [3.8, 4) is 6.07 Å². The number of hydrogen-bond donors (Lipinski definition) is 1. The van der Waals surface area contributed by atoms with Crippen molar-refractivity contribution < 1.29 is 4.39 Å². The number of nitriles is 1. The van der Waals surface area contributed by atoms with E-state index in [1.165, 1.54) is 0 Å². The standard InChI is InChI=1S/C10H8BrFN2/c11-9-7-2-5(4-13)1-6(7)3-8(14)10(9)12/h3,5H,1-2,14H2. The Labute approximate surface area is 89.7 Å². The highest BCUT2D eigenvalue weighted by Crippen LogP contribution is 2.36. The molecule has 0 spiro atoms. The van der Waals surface area contributed by atoms with Gasteiger partial charge in [0, 0.05) is 0 Å². The minimum absolute atomic E-state index is 0.0394. The number of halogens is 2. The molecule has 0 heterocycles. The van der Waals surface area contributed by atoms with Gasteiger partial charge in [-0.1, -0.05) is 0 Å². The van der Waals surface area contributed by atoms with Crippen LogP contribution in [-0.4, -0.2) is 0 Å². The van der Waals surface area contributed by atoms with E-state index in [2.05, 4.69) is 22.0 Å². The smallest absolute Gasteiger partial charge is 0.160 e. The van der Waals surface area contributed by atoms with Crippen molar-refractivity contribution in [1.82, 2.24) is 0 Å². The van der Waals surface area contributed by atoms with Gasteiger partial charge in [-0.15, -0.1) is 0 Å². The first-order chi connectivity index (χ1) is 6.63. The van der Waals surface area contributed by atoms with Crippen molar-refractivity contribution in [2.75, 3.05) is 5.73 Å². The summed E-state index contributed by atoms with van der Waals surface area (Å²) in [6.07, 6.45) is 1.29. The highest BCUT2D eigenvalue weighted by atomic mass is 79.9. The third kappa shape index (κ3) is 1.28. The van der Waals surface area contributed by atoms with Gasteiger partial charge in [0.2, 0.25) is 0 Å². The van der Waals surface area contributed by atoms with Crippen molar-refractivity contribution >= 4 is 21.6 Å². The first-order valence-corrected chi connectivity index (χ1v) is 5.07. The molecule has 4 heteroatoms. The van der Waals surface area contributed by atoms with Gasteiger partial charge >= 0.3 is 0 Å². The highest BCUT2D eigenvalue weighted by molar-refractivity contribution is 9.10. The number of anilines is 1. The summed E-state index contributed by atoms with van der Waals surface area (Å²) in [6, 6.07) is 3.82. The normalized spacial score (nSPS) is 19.1. The van der Waals surface area contributed by atoms with Crippen LogP contribution in [0.15, 0.2) is 10.5 Å². The van der Waals surface area contributed by atoms with Crippen molar-refractivity contribution in [3.05, 3.63) is 27.5 Å². The molecule has 2 rings (SSSR count). The monoisotopic (exact) mass is 254 g/mol. The van der Waals surface area contributed by atoms with Crippen molar-refractivity contribution in [3.63, 3.8) is 0 Å². The van der Waals surface area contributed by atoms with Gasteiger partial charge in [0.15, 0.2) is 5.82 Å². The second-order valence-electron chi connectivity index (χ2n) is 3.47. The molecular formula is C10H8BrFN2. The lowest BCUT2D eigenvalue weighted by Crippen LogP contribution is -1.96. The molecule has 0 bridgehead atoms. The molecule has 0 saturated heterocycles. The molecule has 0 aromatic heterocycles. The first kappa shape index (κ1) is 9.47. The van der Waals surface area contributed by atoms with Crippen LogP contribution in [0, 0.1) is 23.1 Å². The molecule has 0 aliphatic heterocycles. The van der Waals surface area contributed by atoms with Gasteiger partial charge in [-0.3, -0.25) is 0 Å². The molecule has 2 N–H and O–H groups in total. The van der Waals surface area contributed by atoms with Crippen LogP contribution in [-0.2, 0) is 12.8 Å². The molecule has 0 amide bonds. The van der Waals surface area contributed by atoms with E-state index < -0.39 is 5.82 Å². The van der Waals surface area contributed by atoms with Gasteiger partial charge < -0.3 is 5.73 Å². The molecule has 0 radical (unpaired) electrons. The lowest BCUT2D eigenvalue weighted by atomic mass is 10.1. The molecule has 72 valence electrons. The summed E-state index contributed by atoms with van der Waals surface area (Å²) in [5, 5.41) is 8.78. The van der Waals surface area contributed by atoms with Crippen LogP contribution in [0.2, 0.25) is 0 Å². The molecule has 1 aromatic rings. The largest absolute Gasteiger partial charge is 0.396 e. The number of nitrogens with zero attached hydrogens (tertiary/aromatic N) is 1. The van der Waals surface area contributed by atoms with Gasteiger partial charge in [0.25, 0.3) is 0 Å².